The van der Waals surface area contributed by atoms with Gasteiger partial charge in [0.15, 0.2) is 0 Å². The lowest BCUT2D eigenvalue weighted by molar-refractivity contribution is -0.384. The Morgan fingerprint density at radius 3 is 2.90 bits per heavy atom. The minimum atomic E-state index is -0.606. The molecule has 0 unspecified atom stereocenters. The third-order valence-electron chi connectivity index (χ3n) is 2.98. The first-order valence-electron chi connectivity index (χ1n) is 6.44. The van der Waals surface area contributed by atoms with Crippen molar-refractivity contribution >= 4 is 23.4 Å². The zero-order valence-corrected chi connectivity index (χ0v) is 11.3. The highest BCUT2D eigenvalue weighted by atomic mass is 16.6. The molecule has 1 aliphatic rings. The van der Waals surface area contributed by atoms with E-state index < -0.39 is 4.92 Å². The molecule has 0 bridgehead atoms. The molecule has 2 rings (SSSR count). The van der Waals surface area contributed by atoms with E-state index in [1.165, 1.54) is 0 Å². The number of nitrogen functional groups attached to an aromatic ring is 1. The molecule has 0 aromatic carbocycles. The van der Waals surface area contributed by atoms with Crippen LogP contribution >= 0.6 is 0 Å². The van der Waals surface area contributed by atoms with Gasteiger partial charge in [0, 0.05) is 26.1 Å². The molecule has 1 saturated heterocycles. The number of anilines is 2. The van der Waals surface area contributed by atoms with Gasteiger partial charge in [-0.25, -0.2) is 4.98 Å². The molecule has 1 aromatic rings. The molecule has 3 N–H and O–H groups in total. The average molecular weight is 296 g/mol. The number of ether oxygens (including phenoxy) is 1. The second kappa shape index (κ2) is 6.79. The highest BCUT2D eigenvalue weighted by Gasteiger charge is 2.19. The Balaban J connectivity index is 1.89. The first-order chi connectivity index (χ1) is 10.1. The summed E-state index contributed by atoms with van der Waals surface area (Å²) in [5, 5.41) is 13.6. The fourth-order valence-electron chi connectivity index (χ4n) is 1.91. The van der Waals surface area contributed by atoms with Gasteiger partial charge in [0.1, 0.15) is 6.20 Å². The molecule has 0 spiro atoms. The van der Waals surface area contributed by atoms with Crippen LogP contribution in [0.3, 0.4) is 0 Å². The first kappa shape index (κ1) is 14.9. The van der Waals surface area contributed by atoms with Crippen molar-refractivity contribution in [2.24, 2.45) is 0 Å². The first-order valence-corrected chi connectivity index (χ1v) is 6.44. The summed E-state index contributed by atoms with van der Waals surface area (Å²) in [7, 11) is 0. The van der Waals surface area contributed by atoms with Gasteiger partial charge in [0.25, 0.3) is 0 Å². The van der Waals surface area contributed by atoms with E-state index in [9.17, 15) is 14.9 Å². The summed E-state index contributed by atoms with van der Waals surface area (Å²) in [6.45, 7) is 2.44. The van der Waals surface area contributed by atoms with E-state index in [1.807, 2.05) is 0 Å². The summed E-state index contributed by atoms with van der Waals surface area (Å²) in [5.74, 6) is -0.0830. The lowest BCUT2D eigenvalue weighted by atomic mass is 10.3. The van der Waals surface area contributed by atoms with E-state index in [4.69, 9.17) is 10.5 Å². The smallest absolute Gasteiger partial charge is 0.329 e. The van der Waals surface area contributed by atoms with Crippen LogP contribution in [0.25, 0.3) is 0 Å². The standard InChI is InChI=1S/C11H16N6O4/c12-11-14-7-8(17(19)20)10(15-11)13-2-1-9(18)16-3-5-21-6-4-16/h7H,1-6H2,(H3,12,13,14,15). The maximum Gasteiger partial charge on any atom is 0.329 e. The number of nitrogens with two attached hydrogens (primary N) is 1. The van der Waals surface area contributed by atoms with E-state index in [0.717, 1.165) is 6.20 Å². The number of amides is 1. The molecule has 10 nitrogen and oxygen atoms in total. The van der Waals surface area contributed by atoms with Crippen molar-refractivity contribution < 1.29 is 14.5 Å². The SMILES string of the molecule is Nc1ncc([N+](=O)[O-])c(NCCC(=O)N2CCOCC2)n1. The van der Waals surface area contributed by atoms with Gasteiger partial charge in [-0.2, -0.15) is 4.98 Å². The van der Waals surface area contributed by atoms with Crippen LogP contribution in [0.1, 0.15) is 6.42 Å². The Kier molecular flexibility index (Phi) is 4.82. The number of nitrogens with zero attached hydrogens (tertiary/aromatic N) is 4. The van der Waals surface area contributed by atoms with Crippen molar-refractivity contribution in [1.82, 2.24) is 14.9 Å². The number of hydrogen-bond donors (Lipinski definition) is 2. The van der Waals surface area contributed by atoms with Crippen molar-refractivity contribution in [3.63, 3.8) is 0 Å². The number of nitro groups is 1. The third-order valence-corrected chi connectivity index (χ3v) is 2.98. The van der Waals surface area contributed by atoms with Gasteiger partial charge in [0.2, 0.25) is 17.7 Å². The van der Waals surface area contributed by atoms with Crippen molar-refractivity contribution in [2.45, 2.75) is 6.42 Å². The molecule has 10 heteroatoms. The van der Waals surface area contributed by atoms with Crippen molar-refractivity contribution in [3.05, 3.63) is 16.3 Å². The molecule has 0 saturated carbocycles. The normalized spacial score (nSPS) is 14.8. The molecule has 0 atom stereocenters. The molecular weight excluding hydrogens is 280 g/mol. The quantitative estimate of drug-likeness (QED) is 0.554. The molecule has 1 fully saturated rings. The van der Waals surface area contributed by atoms with Crippen molar-refractivity contribution in [1.29, 1.82) is 0 Å². The fraction of sp³-hybridized carbons (Fsp3) is 0.545. The van der Waals surface area contributed by atoms with Crippen LogP contribution in [-0.4, -0.2) is 58.5 Å². The van der Waals surface area contributed by atoms with E-state index in [-0.39, 0.29) is 36.3 Å². The van der Waals surface area contributed by atoms with Crippen LogP contribution < -0.4 is 11.1 Å². The molecule has 2 heterocycles. The maximum absolute atomic E-state index is 11.9. The molecule has 0 aliphatic carbocycles. The molecule has 21 heavy (non-hydrogen) atoms. The number of nitrogens with one attached hydrogen (secondary N) is 1. The zero-order valence-electron chi connectivity index (χ0n) is 11.3. The summed E-state index contributed by atoms with van der Waals surface area (Å²) in [4.78, 5) is 31.2. The zero-order chi connectivity index (χ0) is 15.2. The number of carbonyl (C=O) groups is 1. The Labute approximate surface area is 120 Å². The monoisotopic (exact) mass is 296 g/mol. The van der Waals surface area contributed by atoms with Gasteiger partial charge in [-0.05, 0) is 0 Å². The fourth-order valence-corrected chi connectivity index (χ4v) is 1.91. The van der Waals surface area contributed by atoms with Crippen LogP contribution in [0.5, 0.6) is 0 Å². The van der Waals surface area contributed by atoms with Crippen molar-refractivity contribution in [3.8, 4) is 0 Å². The van der Waals surface area contributed by atoms with E-state index in [2.05, 4.69) is 15.3 Å². The van der Waals surface area contributed by atoms with Crippen LogP contribution in [0.4, 0.5) is 17.5 Å². The van der Waals surface area contributed by atoms with Gasteiger partial charge in [-0.1, -0.05) is 0 Å². The van der Waals surface area contributed by atoms with Gasteiger partial charge >= 0.3 is 5.69 Å². The topological polar surface area (TPSA) is 137 Å². The van der Waals surface area contributed by atoms with Crippen molar-refractivity contribution in [2.75, 3.05) is 43.9 Å². The molecular formula is C11H16N6O4. The Morgan fingerprint density at radius 1 is 1.52 bits per heavy atom. The summed E-state index contributed by atoms with van der Waals surface area (Å²) in [5.41, 5.74) is 5.13. The molecule has 114 valence electrons. The Morgan fingerprint density at radius 2 is 2.24 bits per heavy atom. The summed E-state index contributed by atoms with van der Waals surface area (Å²) in [6, 6.07) is 0. The molecule has 0 radical (unpaired) electrons. The lowest BCUT2D eigenvalue weighted by Gasteiger charge is -2.26. The highest BCUT2D eigenvalue weighted by Crippen LogP contribution is 2.20. The largest absolute Gasteiger partial charge is 0.378 e. The number of morpholine rings is 1. The van der Waals surface area contributed by atoms with E-state index >= 15 is 0 Å². The predicted molar refractivity (Wildman–Crippen MR) is 73.6 cm³/mol. The minimum Gasteiger partial charge on any atom is -0.378 e. The van der Waals surface area contributed by atoms with Crippen LogP contribution in [0.15, 0.2) is 6.20 Å². The lowest BCUT2D eigenvalue weighted by Crippen LogP contribution is -2.41. The molecule has 1 aliphatic heterocycles. The van der Waals surface area contributed by atoms with Gasteiger partial charge in [-0.3, -0.25) is 14.9 Å². The third kappa shape index (κ3) is 3.99. The number of carbonyl (C=O) groups excluding carboxylic acids is 1. The van der Waals surface area contributed by atoms with Gasteiger partial charge < -0.3 is 20.7 Å². The van der Waals surface area contributed by atoms with Crippen LogP contribution in [0.2, 0.25) is 0 Å². The average Bonchev–Trinajstić information content (AvgIpc) is 2.48. The Hall–Kier alpha value is -2.49. The van der Waals surface area contributed by atoms with Gasteiger partial charge in [-0.15, -0.1) is 0 Å². The number of hydrogen-bond acceptors (Lipinski definition) is 8. The summed E-state index contributed by atoms with van der Waals surface area (Å²) >= 11 is 0. The molecule has 1 amide bonds. The second-order valence-electron chi connectivity index (χ2n) is 4.39. The summed E-state index contributed by atoms with van der Waals surface area (Å²) in [6.07, 6.45) is 1.25. The number of rotatable bonds is 5. The molecule has 1 aromatic heterocycles. The summed E-state index contributed by atoms with van der Waals surface area (Å²) < 4.78 is 5.16. The van der Waals surface area contributed by atoms with Gasteiger partial charge in [0.05, 0.1) is 18.1 Å². The number of aromatic nitrogens is 2. The predicted octanol–water partition coefficient (Wildman–Crippen LogP) is -0.372. The van der Waals surface area contributed by atoms with Crippen LogP contribution in [-0.2, 0) is 9.53 Å². The Bertz CT molecular complexity index is 531. The van der Waals surface area contributed by atoms with E-state index in [1.54, 1.807) is 4.90 Å². The van der Waals surface area contributed by atoms with Crippen LogP contribution in [0, 0.1) is 10.1 Å². The minimum absolute atomic E-state index is 0.0160. The maximum atomic E-state index is 11.9. The second-order valence-corrected chi connectivity index (χ2v) is 4.39. The highest BCUT2D eigenvalue weighted by molar-refractivity contribution is 5.77. The van der Waals surface area contributed by atoms with E-state index in [0.29, 0.717) is 26.3 Å².